The minimum atomic E-state index is 0.166. The zero-order valence-corrected chi connectivity index (χ0v) is 9.87. The Morgan fingerprint density at radius 3 is 2.80 bits per heavy atom. The molecular weight excluding hydrogens is 182 g/mol. The zero-order valence-electron chi connectivity index (χ0n) is 9.87. The summed E-state index contributed by atoms with van der Waals surface area (Å²) in [6.07, 6.45) is 8.56. The van der Waals surface area contributed by atoms with Gasteiger partial charge in [0.2, 0.25) is 0 Å². The monoisotopic (exact) mass is 203 g/mol. The topological polar surface area (TPSA) is 12.9 Å². The van der Waals surface area contributed by atoms with Gasteiger partial charge in [0.25, 0.3) is 0 Å². The highest BCUT2D eigenvalue weighted by molar-refractivity contribution is 5.17. The van der Waals surface area contributed by atoms with E-state index in [1.54, 1.807) is 0 Å². The summed E-state index contributed by atoms with van der Waals surface area (Å²) >= 11 is 0. The van der Waals surface area contributed by atoms with Crippen molar-refractivity contribution in [3.05, 3.63) is 42.7 Å². The molecule has 0 fully saturated rings. The standard InChI is InChI=1S/C14H21N/c1-4-6-11-14(3,10-5-2)13-9-7-8-12-15-13/h5,7-9,12H,2,4,6,10-11H2,1,3H3. The molecular formula is C14H21N. The SMILES string of the molecule is C=CCC(C)(CCCC)c1ccccn1. The summed E-state index contributed by atoms with van der Waals surface area (Å²) in [5, 5.41) is 0. The Hall–Kier alpha value is -1.11. The number of hydrogen-bond donors (Lipinski definition) is 0. The molecule has 15 heavy (non-hydrogen) atoms. The summed E-state index contributed by atoms with van der Waals surface area (Å²) < 4.78 is 0. The van der Waals surface area contributed by atoms with E-state index in [2.05, 4.69) is 37.5 Å². The molecule has 1 nitrogen and oxygen atoms in total. The molecule has 1 atom stereocenters. The van der Waals surface area contributed by atoms with E-state index >= 15 is 0 Å². The molecule has 0 aliphatic rings. The predicted octanol–water partition coefficient (Wildman–Crippen LogP) is 4.11. The minimum absolute atomic E-state index is 0.166. The Balaban J connectivity index is 2.85. The average Bonchev–Trinajstić information content (AvgIpc) is 2.28. The van der Waals surface area contributed by atoms with Gasteiger partial charge in [0.1, 0.15) is 0 Å². The quantitative estimate of drug-likeness (QED) is 0.634. The second-order valence-electron chi connectivity index (χ2n) is 4.37. The lowest BCUT2D eigenvalue weighted by atomic mass is 9.78. The van der Waals surface area contributed by atoms with Crippen LogP contribution in [0.1, 0.15) is 45.2 Å². The second-order valence-corrected chi connectivity index (χ2v) is 4.37. The summed E-state index contributed by atoms with van der Waals surface area (Å²) in [5.74, 6) is 0. The van der Waals surface area contributed by atoms with Crippen molar-refractivity contribution < 1.29 is 0 Å². The fraction of sp³-hybridized carbons (Fsp3) is 0.500. The highest BCUT2D eigenvalue weighted by Crippen LogP contribution is 2.31. The first kappa shape index (κ1) is 12.0. The third-order valence-electron chi connectivity index (χ3n) is 2.96. The van der Waals surface area contributed by atoms with Gasteiger partial charge in [-0.1, -0.05) is 38.8 Å². The van der Waals surface area contributed by atoms with Crippen LogP contribution >= 0.6 is 0 Å². The molecule has 0 aliphatic heterocycles. The highest BCUT2D eigenvalue weighted by Gasteiger charge is 2.25. The Morgan fingerprint density at radius 1 is 1.47 bits per heavy atom. The van der Waals surface area contributed by atoms with Crippen LogP contribution in [-0.4, -0.2) is 4.98 Å². The summed E-state index contributed by atoms with van der Waals surface area (Å²) in [6, 6.07) is 6.16. The number of allylic oxidation sites excluding steroid dienone is 1. The fourth-order valence-electron chi connectivity index (χ4n) is 1.94. The maximum atomic E-state index is 4.47. The number of pyridine rings is 1. The molecule has 82 valence electrons. The highest BCUT2D eigenvalue weighted by atomic mass is 14.7. The lowest BCUT2D eigenvalue weighted by Crippen LogP contribution is -2.22. The Morgan fingerprint density at radius 2 is 2.27 bits per heavy atom. The van der Waals surface area contributed by atoms with Crippen LogP contribution in [0, 0.1) is 0 Å². The van der Waals surface area contributed by atoms with Crippen LogP contribution in [-0.2, 0) is 5.41 Å². The number of hydrogen-bond acceptors (Lipinski definition) is 1. The van der Waals surface area contributed by atoms with Gasteiger partial charge in [0.15, 0.2) is 0 Å². The van der Waals surface area contributed by atoms with Gasteiger partial charge in [-0.15, -0.1) is 6.58 Å². The van der Waals surface area contributed by atoms with E-state index in [1.807, 2.05) is 18.3 Å². The molecule has 0 amide bonds. The van der Waals surface area contributed by atoms with Crippen molar-refractivity contribution in [3.63, 3.8) is 0 Å². The molecule has 0 aromatic carbocycles. The summed E-state index contributed by atoms with van der Waals surface area (Å²) in [7, 11) is 0. The lowest BCUT2D eigenvalue weighted by Gasteiger charge is -2.27. The van der Waals surface area contributed by atoms with Gasteiger partial charge in [0.05, 0.1) is 0 Å². The molecule has 1 heterocycles. The summed E-state index contributed by atoms with van der Waals surface area (Å²) in [5.41, 5.74) is 1.36. The molecule has 0 saturated heterocycles. The van der Waals surface area contributed by atoms with Gasteiger partial charge < -0.3 is 0 Å². The lowest BCUT2D eigenvalue weighted by molar-refractivity contribution is 0.410. The summed E-state index contributed by atoms with van der Waals surface area (Å²) in [6.45, 7) is 8.36. The van der Waals surface area contributed by atoms with Crippen molar-refractivity contribution >= 4 is 0 Å². The van der Waals surface area contributed by atoms with E-state index in [9.17, 15) is 0 Å². The molecule has 0 N–H and O–H groups in total. The first-order valence-electron chi connectivity index (χ1n) is 5.75. The third kappa shape index (κ3) is 3.19. The largest absolute Gasteiger partial charge is 0.261 e. The Kier molecular flexibility index (Phi) is 4.54. The van der Waals surface area contributed by atoms with Gasteiger partial charge in [-0.3, -0.25) is 4.98 Å². The van der Waals surface area contributed by atoms with Gasteiger partial charge in [-0.25, -0.2) is 0 Å². The number of unbranched alkanes of at least 4 members (excludes halogenated alkanes) is 1. The molecule has 1 rings (SSSR count). The van der Waals surface area contributed by atoms with Crippen LogP contribution in [0.2, 0.25) is 0 Å². The first-order chi connectivity index (χ1) is 7.23. The van der Waals surface area contributed by atoms with Crippen molar-refractivity contribution in [3.8, 4) is 0 Å². The third-order valence-corrected chi connectivity index (χ3v) is 2.96. The molecule has 0 bridgehead atoms. The van der Waals surface area contributed by atoms with Crippen molar-refractivity contribution in [2.45, 2.75) is 44.9 Å². The van der Waals surface area contributed by atoms with Gasteiger partial charge in [0, 0.05) is 17.3 Å². The zero-order chi connectivity index (χ0) is 11.1. The van der Waals surface area contributed by atoms with Crippen LogP contribution in [0.25, 0.3) is 0 Å². The van der Waals surface area contributed by atoms with E-state index in [1.165, 1.54) is 25.0 Å². The van der Waals surface area contributed by atoms with E-state index < -0.39 is 0 Å². The molecule has 0 radical (unpaired) electrons. The Labute approximate surface area is 93.2 Å². The normalized spacial score (nSPS) is 14.5. The van der Waals surface area contributed by atoms with Crippen molar-refractivity contribution in [1.29, 1.82) is 0 Å². The van der Waals surface area contributed by atoms with E-state index in [0.717, 1.165) is 6.42 Å². The minimum Gasteiger partial charge on any atom is -0.261 e. The van der Waals surface area contributed by atoms with E-state index in [0.29, 0.717) is 0 Å². The fourth-order valence-corrected chi connectivity index (χ4v) is 1.94. The number of aromatic nitrogens is 1. The summed E-state index contributed by atoms with van der Waals surface area (Å²) in [4.78, 5) is 4.47. The molecule has 0 aliphatic carbocycles. The van der Waals surface area contributed by atoms with E-state index in [4.69, 9.17) is 0 Å². The van der Waals surface area contributed by atoms with E-state index in [-0.39, 0.29) is 5.41 Å². The number of rotatable bonds is 6. The van der Waals surface area contributed by atoms with Gasteiger partial charge in [-0.2, -0.15) is 0 Å². The van der Waals surface area contributed by atoms with Crippen molar-refractivity contribution in [2.24, 2.45) is 0 Å². The Bertz CT molecular complexity index is 291. The average molecular weight is 203 g/mol. The van der Waals surface area contributed by atoms with Crippen molar-refractivity contribution in [2.75, 3.05) is 0 Å². The van der Waals surface area contributed by atoms with Crippen LogP contribution < -0.4 is 0 Å². The van der Waals surface area contributed by atoms with Gasteiger partial charge in [-0.05, 0) is 25.0 Å². The molecule has 1 heteroatoms. The molecule has 1 unspecified atom stereocenters. The molecule has 0 saturated carbocycles. The maximum absolute atomic E-state index is 4.47. The van der Waals surface area contributed by atoms with Crippen LogP contribution in [0.5, 0.6) is 0 Å². The van der Waals surface area contributed by atoms with Crippen LogP contribution in [0.15, 0.2) is 37.1 Å². The smallest absolute Gasteiger partial charge is 0.0465 e. The first-order valence-corrected chi connectivity index (χ1v) is 5.75. The molecule has 0 spiro atoms. The molecule has 1 aromatic rings. The molecule has 1 aromatic heterocycles. The number of nitrogens with zero attached hydrogens (tertiary/aromatic N) is 1. The van der Waals surface area contributed by atoms with Crippen molar-refractivity contribution in [1.82, 2.24) is 4.98 Å². The van der Waals surface area contributed by atoms with Crippen LogP contribution in [0.3, 0.4) is 0 Å². The second kappa shape index (κ2) is 5.69. The predicted molar refractivity (Wildman–Crippen MR) is 65.9 cm³/mol. The van der Waals surface area contributed by atoms with Crippen LogP contribution in [0.4, 0.5) is 0 Å². The van der Waals surface area contributed by atoms with Gasteiger partial charge >= 0.3 is 0 Å². The maximum Gasteiger partial charge on any atom is 0.0465 e.